The van der Waals surface area contributed by atoms with Gasteiger partial charge >= 0.3 is 0 Å². The molecule has 7 heteroatoms. The van der Waals surface area contributed by atoms with E-state index in [-0.39, 0.29) is 12.1 Å². The normalized spacial score (nSPS) is 18.8. The van der Waals surface area contributed by atoms with E-state index in [0.717, 1.165) is 13.1 Å². The van der Waals surface area contributed by atoms with Crippen LogP contribution in [0.4, 0.5) is 0 Å². The second kappa shape index (κ2) is 4.43. The maximum atomic E-state index is 12.3. The largest absolute Gasteiger partial charge is 0.388 e. The van der Waals surface area contributed by atoms with Gasteiger partial charge in [0.1, 0.15) is 6.33 Å². The highest BCUT2D eigenvalue weighted by atomic mass is 16.3. The van der Waals surface area contributed by atoms with E-state index in [1.54, 1.807) is 17.9 Å². The summed E-state index contributed by atoms with van der Waals surface area (Å²) in [6.45, 7) is 1.81. The van der Waals surface area contributed by atoms with Gasteiger partial charge in [0.25, 0.3) is 5.56 Å². The minimum Gasteiger partial charge on any atom is -0.388 e. The molecule has 0 aliphatic carbocycles. The quantitative estimate of drug-likeness (QED) is 0.744. The molecule has 7 nitrogen and oxygen atoms in total. The number of aromatic nitrogens is 4. The van der Waals surface area contributed by atoms with Gasteiger partial charge < -0.3 is 15.0 Å². The summed E-state index contributed by atoms with van der Waals surface area (Å²) in [4.78, 5) is 20.6. The van der Waals surface area contributed by atoms with E-state index in [1.165, 1.54) is 10.9 Å². The second-order valence-electron chi connectivity index (χ2n) is 5.18. The number of fused-ring (bicyclic) bond motifs is 1. The fourth-order valence-corrected chi connectivity index (χ4v) is 2.52. The van der Waals surface area contributed by atoms with E-state index in [1.807, 2.05) is 0 Å². The van der Waals surface area contributed by atoms with Crippen molar-refractivity contribution >= 4 is 11.2 Å². The predicted molar refractivity (Wildman–Crippen MR) is 69.8 cm³/mol. The van der Waals surface area contributed by atoms with Crippen molar-refractivity contribution in [1.82, 2.24) is 24.4 Å². The van der Waals surface area contributed by atoms with Crippen LogP contribution in [-0.4, -0.2) is 42.9 Å². The number of nitrogens with one attached hydrogen (secondary N) is 1. The van der Waals surface area contributed by atoms with Crippen LogP contribution < -0.4 is 10.9 Å². The molecule has 0 radical (unpaired) electrons. The molecule has 0 aromatic carbocycles. The number of aliphatic hydroxyl groups is 1. The molecule has 1 saturated heterocycles. The monoisotopic (exact) mass is 263 g/mol. The van der Waals surface area contributed by atoms with Gasteiger partial charge in [-0.25, -0.2) is 9.97 Å². The standard InChI is InChI=1S/C12H17N5O2/c1-16-7-14-9-10(16)15-8-17(11(9)18)6-12(19)2-4-13-5-3-12/h7-8,13,19H,2-6H2,1H3. The Morgan fingerprint density at radius 3 is 2.84 bits per heavy atom. The average Bonchev–Trinajstić information content (AvgIpc) is 2.76. The van der Waals surface area contributed by atoms with Crippen molar-refractivity contribution in [2.45, 2.75) is 25.0 Å². The topological polar surface area (TPSA) is 85.0 Å². The van der Waals surface area contributed by atoms with E-state index >= 15 is 0 Å². The van der Waals surface area contributed by atoms with Crippen LogP contribution in [0.5, 0.6) is 0 Å². The molecule has 0 amide bonds. The highest BCUT2D eigenvalue weighted by Crippen LogP contribution is 2.19. The van der Waals surface area contributed by atoms with Gasteiger partial charge in [0.2, 0.25) is 0 Å². The Bertz CT molecular complexity index is 654. The summed E-state index contributed by atoms with van der Waals surface area (Å²) >= 11 is 0. The first kappa shape index (κ1) is 12.3. The fraction of sp³-hybridized carbons (Fsp3) is 0.583. The summed E-state index contributed by atoms with van der Waals surface area (Å²) in [5.41, 5.74) is -0.113. The van der Waals surface area contributed by atoms with E-state index in [4.69, 9.17) is 0 Å². The molecule has 0 saturated carbocycles. The SMILES string of the molecule is Cn1cnc2c(=O)n(CC3(O)CCNCC3)cnc21. The molecular formula is C12H17N5O2. The van der Waals surface area contributed by atoms with Gasteiger partial charge in [0, 0.05) is 7.05 Å². The van der Waals surface area contributed by atoms with Crippen LogP contribution in [0.3, 0.4) is 0 Å². The third-order valence-corrected chi connectivity index (χ3v) is 3.69. The number of nitrogens with zero attached hydrogens (tertiary/aromatic N) is 4. The number of hydrogen-bond acceptors (Lipinski definition) is 5. The number of piperidine rings is 1. The molecule has 2 N–H and O–H groups in total. The summed E-state index contributed by atoms with van der Waals surface area (Å²) in [5, 5.41) is 13.7. The lowest BCUT2D eigenvalue weighted by Gasteiger charge is -2.32. The first-order chi connectivity index (χ1) is 9.09. The average molecular weight is 263 g/mol. The van der Waals surface area contributed by atoms with Crippen LogP contribution in [0.1, 0.15) is 12.8 Å². The highest BCUT2D eigenvalue weighted by Gasteiger charge is 2.30. The van der Waals surface area contributed by atoms with Gasteiger partial charge in [-0.1, -0.05) is 0 Å². The van der Waals surface area contributed by atoms with Crippen LogP contribution in [0.25, 0.3) is 11.2 Å². The fourth-order valence-electron chi connectivity index (χ4n) is 2.52. The number of rotatable bonds is 2. The highest BCUT2D eigenvalue weighted by molar-refractivity contribution is 5.68. The zero-order valence-corrected chi connectivity index (χ0v) is 10.8. The van der Waals surface area contributed by atoms with Crippen LogP contribution >= 0.6 is 0 Å². The zero-order valence-electron chi connectivity index (χ0n) is 10.8. The van der Waals surface area contributed by atoms with Gasteiger partial charge in [-0.2, -0.15) is 0 Å². The molecule has 1 aliphatic heterocycles. The second-order valence-corrected chi connectivity index (χ2v) is 5.18. The van der Waals surface area contributed by atoms with Gasteiger partial charge in [-0.3, -0.25) is 9.36 Å². The van der Waals surface area contributed by atoms with Crippen molar-refractivity contribution in [3.05, 3.63) is 23.0 Å². The van der Waals surface area contributed by atoms with E-state index in [2.05, 4.69) is 15.3 Å². The van der Waals surface area contributed by atoms with Crippen molar-refractivity contribution in [3.63, 3.8) is 0 Å². The first-order valence-electron chi connectivity index (χ1n) is 6.39. The van der Waals surface area contributed by atoms with Crippen LogP contribution in [0.15, 0.2) is 17.4 Å². The summed E-state index contributed by atoms with van der Waals surface area (Å²) < 4.78 is 3.17. The smallest absolute Gasteiger partial charge is 0.281 e. The van der Waals surface area contributed by atoms with Crippen molar-refractivity contribution in [2.24, 2.45) is 7.05 Å². The Morgan fingerprint density at radius 2 is 2.11 bits per heavy atom. The number of hydrogen-bond donors (Lipinski definition) is 2. The van der Waals surface area contributed by atoms with Gasteiger partial charge in [0.05, 0.1) is 18.5 Å². The van der Waals surface area contributed by atoms with Crippen molar-refractivity contribution in [2.75, 3.05) is 13.1 Å². The number of imidazole rings is 1. The minimum absolute atomic E-state index is 0.197. The zero-order chi connectivity index (χ0) is 13.5. The minimum atomic E-state index is -0.834. The molecule has 2 aromatic rings. The maximum absolute atomic E-state index is 12.3. The Labute approximate surface area is 109 Å². The maximum Gasteiger partial charge on any atom is 0.281 e. The molecule has 0 bridgehead atoms. The summed E-state index contributed by atoms with van der Waals surface area (Å²) in [7, 11) is 1.80. The molecule has 19 heavy (non-hydrogen) atoms. The van der Waals surface area contributed by atoms with Gasteiger partial charge in [-0.05, 0) is 25.9 Å². The lowest BCUT2D eigenvalue weighted by Crippen LogP contribution is -2.46. The summed E-state index contributed by atoms with van der Waals surface area (Å²) in [6, 6.07) is 0. The van der Waals surface area contributed by atoms with Crippen molar-refractivity contribution < 1.29 is 5.11 Å². The molecule has 2 aromatic heterocycles. The summed E-state index contributed by atoms with van der Waals surface area (Å²) in [5.74, 6) is 0. The Balaban J connectivity index is 1.97. The van der Waals surface area contributed by atoms with Crippen LogP contribution in [0.2, 0.25) is 0 Å². The van der Waals surface area contributed by atoms with Crippen molar-refractivity contribution in [1.29, 1.82) is 0 Å². The molecule has 102 valence electrons. The molecule has 0 atom stereocenters. The number of aryl methyl sites for hydroxylation is 1. The molecule has 1 aliphatic rings. The van der Waals surface area contributed by atoms with E-state index < -0.39 is 5.60 Å². The molecule has 3 heterocycles. The third kappa shape index (κ3) is 2.15. The third-order valence-electron chi connectivity index (χ3n) is 3.69. The molecule has 1 fully saturated rings. The van der Waals surface area contributed by atoms with Crippen LogP contribution in [0, 0.1) is 0 Å². The lowest BCUT2D eigenvalue weighted by molar-refractivity contribution is -0.00628. The van der Waals surface area contributed by atoms with Crippen LogP contribution in [-0.2, 0) is 13.6 Å². The Hall–Kier alpha value is -1.73. The van der Waals surface area contributed by atoms with Gasteiger partial charge in [0.15, 0.2) is 11.2 Å². The lowest BCUT2D eigenvalue weighted by atomic mass is 9.92. The summed E-state index contributed by atoms with van der Waals surface area (Å²) in [6.07, 6.45) is 4.34. The molecular weight excluding hydrogens is 246 g/mol. The Kier molecular flexibility index (Phi) is 2.87. The predicted octanol–water partition coefficient (Wildman–Crippen LogP) is -0.755. The van der Waals surface area contributed by atoms with Gasteiger partial charge in [-0.15, -0.1) is 0 Å². The Morgan fingerprint density at radius 1 is 1.37 bits per heavy atom. The van der Waals surface area contributed by atoms with E-state index in [9.17, 15) is 9.90 Å². The van der Waals surface area contributed by atoms with E-state index in [0.29, 0.717) is 24.0 Å². The molecule has 0 spiro atoms. The molecule has 0 unspecified atom stereocenters. The first-order valence-corrected chi connectivity index (χ1v) is 6.39. The molecule has 3 rings (SSSR count). The van der Waals surface area contributed by atoms with Crippen molar-refractivity contribution in [3.8, 4) is 0 Å².